The molecule has 3 heterocycles. The first-order valence-electron chi connectivity index (χ1n) is 10.7. The zero-order chi connectivity index (χ0) is 22.8. The maximum Gasteiger partial charge on any atom is 0.279 e. The van der Waals surface area contributed by atoms with Crippen molar-refractivity contribution in [2.75, 3.05) is 49.8 Å². The van der Waals surface area contributed by atoms with Crippen molar-refractivity contribution in [3.63, 3.8) is 0 Å². The number of rotatable bonds is 5. The number of morpholine rings is 1. The normalized spacial score (nSPS) is 13.9. The average molecular weight is 444 g/mol. The second-order valence-electron chi connectivity index (χ2n) is 7.84. The number of hydrogen-bond donors (Lipinski definition) is 2. The first-order valence-corrected chi connectivity index (χ1v) is 10.7. The van der Waals surface area contributed by atoms with Gasteiger partial charge >= 0.3 is 0 Å². The van der Waals surface area contributed by atoms with Crippen molar-refractivity contribution in [2.45, 2.75) is 0 Å². The third-order valence-corrected chi connectivity index (χ3v) is 5.77. The van der Waals surface area contributed by atoms with Crippen molar-refractivity contribution < 1.29 is 14.5 Å². The lowest BCUT2D eigenvalue weighted by molar-refractivity contribution is -0.180. The van der Waals surface area contributed by atoms with Crippen LogP contribution in [0.1, 0.15) is 0 Å². The molecule has 0 radical (unpaired) electrons. The fourth-order valence-electron chi connectivity index (χ4n) is 4.05. The van der Waals surface area contributed by atoms with Crippen LogP contribution in [0.25, 0.3) is 33.2 Å². The van der Waals surface area contributed by atoms with Crippen LogP contribution in [0.2, 0.25) is 0 Å². The average Bonchev–Trinajstić information content (AvgIpc) is 2.85. The standard InChI is InChI=1S/C25H25N5O3/c1-31-33-25-22(26)14-19(15-28-25)17-4-7-23-18(12-17)13-21(24(27)29-23)16-2-5-20(6-3-16)30-8-10-32-11-9-30/h2-7,12-15H,8-11,26H2,1H3,(H2,27,29). The third-order valence-electron chi connectivity index (χ3n) is 5.77. The van der Waals surface area contributed by atoms with E-state index in [-0.39, 0.29) is 5.88 Å². The fourth-order valence-corrected chi connectivity index (χ4v) is 4.05. The molecule has 8 heteroatoms. The van der Waals surface area contributed by atoms with E-state index in [0.717, 1.165) is 59.5 Å². The second-order valence-corrected chi connectivity index (χ2v) is 7.84. The Morgan fingerprint density at radius 3 is 2.39 bits per heavy atom. The zero-order valence-corrected chi connectivity index (χ0v) is 18.3. The molecule has 8 nitrogen and oxygen atoms in total. The minimum Gasteiger partial charge on any atom is -0.394 e. The van der Waals surface area contributed by atoms with Gasteiger partial charge in [-0.15, -0.1) is 0 Å². The number of nitrogens with zero attached hydrogens (tertiary/aromatic N) is 3. The topological polar surface area (TPSA) is 109 Å². The van der Waals surface area contributed by atoms with Crippen LogP contribution in [-0.2, 0) is 9.62 Å². The van der Waals surface area contributed by atoms with Gasteiger partial charge in [-0.1, -0.05) is 18.2 Å². The van der Waals surface area contributed by atoms with Gasteiger partial charge in [0.15, 0.2) is 0 Å². The summed E-state index contributed by atoms with van der Waals surface area (Å²) >= 11 is 0. The summed E-state index contributed by atoms with van der Waals surface area (Å²) in [5.74, 6) is 0.737. The van der Waals surface area contributed by atoms with Crippen LogP contribution in [0.15, 0.2) is 60.8 Å². The maximum absolute atomic E-state index is 6.32. The third kappa shape index (κ3) is 4.26. The Hall–Kier alpha value is -3.88. The van der Waals surface area contributed by atoms with Gasteiger partial charge in [-0.05, 0) is 47.5 Å². The van der Waals surface area contributed by atoms with Crippen molar-refractivity contribution in [1.82, 2.24) is 9.97 Å². The summed E-state index contributed by atoms with van der Waals surface area (Å²) in [5.41, 5.74) is 18.5. The highest BCUT2D eigenvalue weighted by Crippen LogP contribution is 2.33. The number of nitrogen functional groups attached to an aromatic ring is 2. The van der Waals surface area contributed by atoms with Gasteiger partial charge in [0, 0.05) is 41.5 Å². The Labute approximate surface area is 191 Å². The maximum atomic E-state index is 6.32. The second kappa shape index (κ2) is 8.93. The highest BCUT2D eigenvalue weighted by Gasteiger charge is 2.13. The minimum absolute atomic E-state index is 0.235. The van der Waals surface area contributed by atoms with E-state index in [9.17, 15) is 0 Å². The smallest absolute Gasteiger partial charge is 0.279 e. The molecule has 0 unspecified atom stereocenters. The molecule has 0 saturated carbocycles. The van der Waals surface area contributed by atoms with E-state index in [1.807, 2.05) is 12.1 Å². The molecule has 1 fully saturated rings. The molecule has 0 amide bonds. The van der Waals surface area contributed by atoms with Crippen LogP contribution in [0.5, 0.6) is 5.88 Å². The lowest BCUT2D eigenvalue weighted by Crippen LogP contribution is -2.36. The van der Waals surface area contributed by atoms with Gasteiger partial charge in [-0.3, -0.25) is 0 Å². The molecular weight excluding hydrogens is 418 g/mol. The van der Waals surface area contributed by atoms with Crippen LogP contribution in [-0.4, -0.2) is 43.4 Å². The first kappa shape index (κ1) is 21.0. The zero-order valence-electron chi connectivity index (χ0n) is 18.3. The predicted octanol–water partition coefficient (Wildman–Crippen LogP) is 3.91. The van der Waals surface area contributed by atoms with E-state index >= 15 is 0 Å². The largest absolute Gasteiger partial charge is 0.394 e. The van der Waals surface area contributed by atoms with E-state index in [1.54, 1.807) is 12.3 Å². The Morgan fingerprint density at radius 1 is 0.909 bits per heavy atom. The van der Waals surface area contributed by atoms with Crippen LogP contribution in [0.4, 0.5) is 17.2 Å². The van der Waals surface area contributed by atoms with Crippen LogP contribution in [0, 0.1) is 0 Å². The van der Waals surface area contributed by atoms with Crippen molar-refractivity contribution in [2.24, 2.45) is 0 Å². The molecule has 1 aliphatic heterocycles. The summed E-state index contributed by atoms with van der Waals surface area (Å²) in [5, 5.41) is 0.977. The Kier molecular flexibility index (Phi) is 5.68. The SMILES string of the molecule is COOc1ncc(-c2ccc3nc(N)c(-c4ccc(N5CCOCC5)cc4)cc3c2)cc1N. The van der Waals surface area contributed by atoms with Gasteiger partial charge in [-0.2, -0.15) is 4.89 Å². The van der Waals surface area contributed by atoms with E-state index in [2.05, 4.69) is 56.2 Å². The van der Waals surface area contributed by atoms with Gasteiger partial charge in [0.05, 0.1) is 31.5 Å². The number of anilines is 3. The molecule has 4 aromatic rings. The van der Waals surface area contributed by atoms with Crippen molar-refractivity contribution >= 4 is 28.1 Å². The predicted molar refractivity (Wildman–Crippen MR) is 130 cm³/mol. The van der Waals surface area contributed by atoms with E-state index < -0.39 is 0 Å². The molecule has 0 spiro atoms. The molecule has 5 rings (SSSR count). The lowest BCUT2D eigenvalue weighted by Gasteiger charge is -2.29. The Bertz CT molecular complexity index is 1290. The highest BCUT2D eigenvalue weighted by molar-refractivity contribution is 5.91. The van der Waals surface area contributed by atoms with Crippen molar-refractivity contribution in [3.05, 3.63) is 60.8 Å². The molecule has 2 aromatic carbocycles. The van der Waals surface area contributed by atoms with Crippen LogP contribution < -0.4 is 21.3 Å². The molecule has 1 aliphatic rings. The van der Waals surface area contributed by atoms with Crippen LogP contribution >= 0.6 is 0 Å². The van der Waals surface area contributed by atoms with E-state index in [4.69, 9.17) is 21.1 Å². The molecular formula is C25H25N5O3. The number of hydrogen-bond acceptors (Lipinski definition) is 8. The van der Waals surface area contributed by atoms with Crippen LogP contribution in [0.3, 0.4) is 0 Å². The quantitative estimate of drug-likeness (QED) is 0.353. The van der Waals surface area contributed by atoms with Gasteiger partial charge in [0.1, 0.15) is 5.82 Å². The summed E-state index contributed by atoms with van der Waals surface area (Å²) < 4.78 is 5.45. The molecule has 2 aromatic heterocycles. The monoisotopic (exact) mass is 443 g/mol. The molecule has 0 bridgehead atoms. The summed E-state index contributed by atoms with van der Waals surface area (Å²) in [6.45, 7) is 3.32. The number of benzene rings is 2. The number of nitrogens with two attached hydrogens (primary N) is 2. The van der Waals surface area contributed by atoms with Gasteiger partial charge in [0.25, 0.3) is 5.88 Å². The minimum atomic E-state index is 0.235. The van der Waals surface area contributed by atoms with Gasteiger partial charge in [0.2, 0.25) is 0 Å². The first-order chi connectivity index (χ1) is 16.1. The molecule has 33 heavy (non-hydrogen) atoms. The Balaban J connectivity index is 1.48. The van der Waals surface area contributed by atoms with Crippen molar-refractivity contribution in [3.8, 4) is 28.1 Å². The molecule has 0 aliphatic carbocycles. The molecule has 168 valence electrons. The fraction of sp³-hybridized carbons (Fsp3) is 0.200. The summed E-state index contributed by atoms with van der Waals surface area (Å²) in [7, 11) is 1.41. The summed E-state index contributed by atoms with van der Waals surface area (Å²) in [6.07, 6.45) is 1.70. The highest BCUT2D eigenvalue weighted by atomic mass is 17.2. The Morgan fingerprint density at radius 2 is 1.67 bits per heavy atom. The van der Waals surface area contributed by atoms with E-state index in [1.165, 1.54) is 12.8 Å². The van der Waals surface area contributed by atoms with Gasteiger partial charge < -0.3 is 26.0 Å². The summed E-state index contributed by atoms with van der Waals surface area (Å²) in [6, 6.07) is 18.3. The van der Waals surface area contributed by atoms with E-state index in [0.29, 0.717) is 11.5 Å². The molecule has 0 atom stereocenters. The number of ether oxygens (including phenoxy) is 1. The number of pyridine rings is 2. The lowest BCUT2D eigenvalue weighted by atomic mass is 10.0. The molecule has 4 N–H and O–H groups in total. The summed E-state index contributed by atoms with van der Waals surface area (Å²) in [4.78, 5) is 20.8. The molecule has 1 saturated heterocycles. The number of aromatic nitrogens is 2. The number of fused-ring (bicyclic) bond motifs is 1. The van der Waals surface area contributed by atoms with Crippen molar-refractivity contribution in [1.29, 1.82) is 0 Å². The van der Waals surface area contributed by atoms with Gasteiger partial charge in [-0.25, -0.2) is 9.97 Å².